The van der Waals surface area contributed by atoms with E-state index >= 15 is 8.78 Å². The maximum Gasteiger partial charge on any atom is 0.246 e. The molecule has 3 aromatic rings. The summed E-state index contributed by atoms with van der Waals surface area (Å²) in [6.45, 7) is 8.50. The average molecular weight is 630 g/mol. The van der Waals surface area contributed by atoms with E-state index in [1.807, 2.05) is 0 Å². The van der Waals surface area contributed by atoms with Gasteiger partial charge in [-0.15, -0.1) is 0 Å². The van der Waals surface area contributed by atoms with Crippen molar-refractivity contribution in [2.24, 2.45) is 0 Å². The van der Waals surface area contributed by atoms with Crippen molar-refractivity contribution in [1.29, 1.82) is 5.41 Å². The number of fused-ring (bicyclic) bond motifs is 2. The Morgan fingerprint density at radius 2 is 1.93 bits per heavy atom. The molecule has 1 amide bonds. The number of anilines is 2. The van der Waals surface area contributed by atoms with Gasteiger partial charge in [-0.3, -0.25) is 15.2 Å². The monoisotopic (exact) mass is 629 g/mol. The number of aliphatic hydroxyl groups excluding tert-OH is 1. The molecule has 13 heteroatoms. The lowest BCUT2D eigenvalue weighted by Gasteiger charge is -2.45. The third-order valence-electron chi connectivity index (χ3n) is 7.86. The quantitative estimate of drug-likeness (QED) is 0.268. The topological polar surface area (TPSA) is 127 Å². The van der Waals surface area contributed by atoms with Gasteiger partial charge in [-0.25, -0.2) is 17.2 Å². The predicted molar refractivity (Wildman–Crippen MR) is 160 cm³/mol. The van der Waals surface area contributed by atoms with Crippen molar-refractivity contribution >= 4 is 44.6 Å². The molecule has 0 spiro atoms. The van der Waals surface area contributed by atoms with E-state index < -0.39 is 66.6 Å². The standard InChI is InChI=1S/C30H30ClF2N5O4S/c1-5-21(40)37-13-18-14-43(41,42)29-23(30(34)38(18)12-16(37)3)28(36-26-15(2)10-11-35-27(26)17(4)39)25(33)22(24(29)31)19-8-6-7-9-20(19)32/h5-11,16-18,34,36,39H,1,12-14H2,2-4H3. The van der Waals surface area contributed by atoms with Crippen LogP contribution in [0.3, 0.4) is 0 Å². The number of amidine groups is 1. The van der Waals surface area contributed by atoms with Crippen molar-refractivity contribution in [1.82, 2.24) is 14.8 Å². The number of carbonyl (C=O) groups excluding carboxylic acids is 1. The van der Waals surface area contributed by atoms with Crippen LogP contribution in [-0.2, 0) is 14.6 Å². The minimum Gasteiger partial charge on any atom is -0.387 e. The maximum absolute atomic E-state index is 16.8. The number of benzene rings is 2. The molecule has 1 aromatic heterocycles. The highest BCUT2D eigenvalue weighted by atomic mass is 35.5. The number of pyridine rings is 1. The molecule has 3 atom stereocenters. The molecule has 9 nitrogen and oxygen atoms in total. The number of nitrogens with one attached hydrogen (secondary N) is 2. The van der Waals surface area contributed by atoms with Crippen LogP contribution in [0.1, 0.15) is 36.8 Å². The van der Waals surface area contributed by atoms with E-state index in [1.165, 1.54) is 41.1 Å². The predicted octanol–water partition coefficient (Wildman–Crippen LogP) is 4.99. The summed E-state index contributed by atoms with van der Waals surface area (Å²) in [6, 6.07) is 5.59. The van der Waals surface area contributed by atoms with Crippen LogP contribution in [0.15, 0.2) is 54.1 Å². The Labute approximate surface area is 253 Å². The fraction of sp³-hybridized carbons (Fsp3) is 0.300. The lowest BCUT2D eigenvalue weighted by Crippen LogP contribution is -2.61. The molecule has 0 radical (unpaired) electrons. The van der Waals surface area contributed by atoms with E-state index in [0.717, 1.165) is 12.1 Å². The molecule has 0 aliphatic carbocycles. The summed E-state index contributed by atoms with van der Waals surface area (Å²) in [5, 5.41) is 22.1. The van der Waals surface area contributed by atoms with Crippen LogP contribution in [0.25, 0.3) is 11.1 Å². The summed E-state index contributed by atoms with van der Waals surface area (Å²) in [6.07, 6.45) is 1.52. The van der Waals surface area contributed by atoms with E-state index in [2.05, 4.69) is 16.9 Å². The van der Waals surface area contributed by atoms with Gasteiger partial charge in [0.1, 0.15) is 11.7 Å². The van der Waals surface area contributed by atoms with Gasteiger partial charge in [-0.2, -0.15) is 0 Å². The van der Waals surface area contributed by atoms with Gasteiger partial charge in [0.25, 0.3) is 0 Å². The lowest BCUT2D eigenvalue weighted by atomic mass is 9.97. The van der Waals surface area contributed by atoms with Gasteiger partial charge in [-0.1, -0.05) is 36.4 Å². The minimum atomic E-state index is -4.37. The number of aryl methyl sites for hydroxylation is 1. The fourth-order valence-corrected chi connectivity index (χ4v) is 8.22. The van der Waals surface area contributed by atoms with Crippen molar-refractivity contribution < 1.29 is 27.1 Å². The van der Waals surface area contributed by atoms with E-state index in [9.17, 15) is 23.7 Å². The Morgan fingerprint density at radius 3 is 2.58 bits per heavy atom. The third-order valence-corrected chi connectivity index (χ3v) is 10.2. The number of sulfone groups is 1. The SMILES string of the molecule is C=CC(=O)N1CC2CS(=O)(=O)c3c(Cl)c(-c4ccccc4F)c(F)c(Nc4c(C)ccnc4C(C)O)c3C(=N)N2CC1C. The van der Waals surface area contributed by atoms with E-state index in [1.54, 1.807) is 19.9 Å². The number of piperazine rings is 1. The molecule has 3 N–H and O–H groups in total. The highest BCUT2D eigenvalue weighted by molar-refractivity contribution is 7.91. The third kappa shape index (κ3) is 5.17. The maximum atomic E-state index is 16.8. The van der Waals surface area contributed by atoms with E-state index in [0.29, 0.717) is 5.56 Å². The second-order valence-electron chi connectivity index (χ2n) is 10.7. The number of aliphatic hydroxyl groups is 1. The van der Waals surface area contributed by atoms with Crippen molar-refractivity contribution in [3.05, 3.63) is 82.7 Å². The molecule has 5 rings (SSSR count). The molecular weight excluding hydrogens is 600 g/mol. The Bertz CT molecular complexity index is 1780. The molecular formula is C30H30ClF2N5O4S. The van der Waals surface area contributed by atoms with Crippen molar-refractivity contribution in [3.63, 3.8) is 0 Å². The van der Waals surface area contributed by atoms with Crippen LogP contribution in [0.5, 0.6) is 0 Å². The van der Waals surface area contributed by atoms with Crippen LogP contribution < -0.4 is 5.32 Å². The first-order chi connectivity index (χ1) is 20.3. The van der Waals surface area contributed by atoms with Gasteiger partial charge < -0.3 is 20.2 Å². The van der Waals surface area contributed by atoms with Gasteiger partial charge in [0.05, 0.1) is 50.4 Å². The van der Waals surface area contributed by atoms with Gasteiger partial charge >= 0.3 is 0 Å². The number of amides is 1. The van der Waals surface area contributed by atoms with Gasteiger partial charge in [0.2, 0.25) is 5.91 Å². The van der Waals surface area contributed by atoms with Gasteiger partial charge in [0, 0.05) is 36.5 Å². The molecule has 0 saturated carbocycles. The van der Waals surface area contributed by atoms with Crippen molar-refractivity contribution in [2.75, 3.05) is 24.2 Å². The normalized spacial score (nSPS) is 20.1. The number of aromatic nitrogens is 1. The highest BCUT2D eigenvalue weighted by Crippen LogP contribution is 2.47. The van der Waals surface area contributed by atoms with Gasteiger partial charge in [-0.05, 0) is 44.5 Å². The number of halogens is 3. The van der Waals surface area contributed by atoms with Crippen LogP contribution in [0.2, 0.25) is 5.02 Å². The molecule has 43 heavy (non-hydrogen) atoms. The Morgan fingerprint density at radius 1 is 1.23 bits per heavy atom. The molecule has 1 fully saturated rings. The summed E-state index contributed by atoms with van der Waals surface area (Å²) < 4.78 is 60.2. The van der Waals surface area contributed by atoms with Gasteiger partial charge in [0.15, 0.2) is 15.7 Å². The lowest BCUT2D eigenvalue weighted by molar-refractivity contribution is -0.130. The largest absolute Gasteiger partial charge is 0.387 e. The Hall–Kier alpha value is -3.87. The zero-order valence-electron chi connectivity index (χ0n) is 23.7. The molecule has 2 aliphatic heterocycles. The number of carbonyl (C=O) groups is 1. The van der Waals surface area contributed by atoms with Crippen LogP contribution in [0, 0.1) is 24.0 Å². The molecule has 2 aromatic carbocycles. The molecule has 3 unspecified atom stereocenters. The second kappa shape index (κ2) is 11.3. The van der Waals surface area contributed by atoms with Crippen LogP contribution in [0.4, 0.5) is 20.2 Å². The molecule has 3 heterocycles. The average Bonchev–Trinajstić information content (AvgIpc) is 3.03. The van der Waals surface area contributed by atoms with E-state index in [-0.39, 0.29) is 47.3 Å². The second-order valence-corrected chi connectivity index (χ2v) is 13.1. The number of nitrogens with zero attached hydrogens (tertiary/aromatic N) is 3. The highest BCUT2D eigenvalue weighted by Gasteiger charge is 2.45. The summed E-state index contributed by atoms with van der Waals surface area (Å²) >= 11 is 6.72. The number of rotatable bonds is 5. The number of hydrogen-bond acceptors (Lipinski definition) is 7. The summed E-state index contributed by atoms with van der Waals surface area (Å²) in [7, 11) is -4.37. The smallest absolute Gasteiger partial charge is 0.246 e. The summed E-state index contributed by atoms with van der Waals surface area (Å²) in [4.78, 5) is 19.2. The molecule has 0 bridgehead atoms. The zero-order chi connectivity index (χ0) is 31.4. The summed E-state index contributed by atoms with van der Waals surface area (Å²) in [5.74, 6) is -3.17. The van der Waals surface area contributed by atoms with Crippen LogP contribution in [-0.4, -0.2) is 71.0 Å². The minimum absolute atomic E-state index is 0.0292. The summed E-state index contributed by atoms with van der Waals surface area (Å²) in [5.41, 5.74) is -0.623. The van der Waals surface area contributed by atoms with Crippen molar-refractivity contribution in [2.45, 2.75) is 43.9 Å². The molecule has 1 saturated heterocycles. The van der Waals surface area contributed by atoms with Crippen molar-refractivity contribution in [3.8, 4) is 11.1 Å². The van der Waals surface area contributed by atoms with Crippen LogP contribution >= 0.6 is 11.6 Å². The first-order valence-corrected chi connectivity index (χ1v) is 15.5. The Balaban J connectivity index is 1.83. The molecule has 226 valence electrons. The fourth-order valence-electron chi connectivity index (χ4n) is 5.75. The Kier molecular flexibility index (Phi) is 8.05. The molecule has 2 aliphatic rings. The zero-order valence-corrected chi connectivity index (χ0v) is 25.2. The number of hydrogen-bond donors (Lipinski definition) is 3. The first kappa shape index (κ1) is 30.6. The van der Waals surface area contributed by atoms with E-state index in [4.69, 9.17) is 11.6 Å². The first-order valence-electron chi connectivity index (χ1n) is 13.5.